The van der Waals surface area contributed by atoms with Crippen molar-refractivity contribution in [1.29, 1.82) is 0 Å². The van der Waals surface area contributed by atoms with Crippen LogP contribution in [-0.4, -0.2) is 42.7 Å². The van der Waals surface area contributed by atoms with Gasteiger partial charge < -0.3 is 15.0 Å². The summed E-state index contributed by atoms with van der Waals surface area (Å²) in [7, 11) is 1.60. The Kier molecular flexibility index (Phi) is 5.74. The van der Waals surface area contributed by atoms with E-state index >= 15 is 0 Å². The van der Waals surface area contributed by atoms with Crippen LogP contribution in [0.1, 0.15) is 5.56 Å². The van der Waals surface area contributed by atoms with Crippen LogP contribution in [0, 0.1) is 0 Å². The molecule has 1 heterocycles. The van der Waals surface area contributed by atoms with Crippen LogP contribution in [0.2, 0.25) is 5.02 Å². The van der Waals surface area contributed by atoms with E-state index in [1.54, 1.807) is 37.0 Å². The summed E-state index contributed by atoms with van der Waals surface area (Å²) < 4.78 is 5.70. The Hall–Kier alpha value is -2.18. The molecule has 0 fully saturated rings. The van der Waals surface area contributed by atoms with Crippen LogP contribution in [0.5, 0.6) is 5.75 Å². The lowest BCUT2D eigenvalue weighted by Gasteiger charge is -2.20. The molecule has 26 heavy (non-hydrogen) atoms. The molecule has 7 heteroatoms. The number of halogens is 1. The van der Waals surface area contributed by atoms with Crippen LogP contribution >= 0.6 is 23.4 Å². The van der Waals surface area contributed by atoms with E-state index in [-0.39, 0.29) is 18.4 Å². The van der Waals surface area contributed by atoms with Gasteiger partial charge in [-0.25, -0.2) is 0 Å². The highest BCUT2D eigenvalue weighted by Gasteiger charge is 2.32. The quantitative estimate of drug-likeness (QED) is 0.794. The Morgan fingerprint density at radius 1 is 1.31 bits per heavy atom. The zero-order valence-electron chi connectivity index (χ0n) is 14.5. The number of hydrogen-bond donors (Lipinski definition) is 1. The number of benzene rings is 2. The number of ether oxygens (including phenoxy) is 1. The molecule has 0 spiro atoms. The highest BCUT2D eigenvalue weighted by Crippen LogP contribution is 2.31. The van der Waals surface area contributed by atoms with E-state index in [9.17, 15) is 9.59 Å². The molecule has 1 aliphatic rings. The molecule has 1 atom stereocenters. The van der Waals surface area contributed by atoms with Gasteiger partial charge in [-0.2, -0.15) is 0 Å². The molecule has 2 aromatic rings. The molecule has 136 valence electrons. The predicted octanol–water partition coefficient (Wildman–Crippen LogP) is 3.46. The number of hydrogen-bond acceptors (Lipinski definition) is 4. The van der Waals surface area contributed by atoms with Gasteiger partial charge in [-0.05, 0) is 42.2 Å². The number of fused-ring (bicyclic) bond motifs is 1. The number of amides is 2. The zero-order valence-corrected chi connectivity index (χ0v) is 16.1. The van der Waals surface area contributed by atoms with E-state index in [4.69, 9.17) is 16.3 Å². The van der Waals surface area contributed by atoms with Gasteiger partial charge in [0.25, 0.3) is 5.91 Å². The highest BCUT2D eigenvalue weighted by atomic mass is 35.5. The second-order valence-electron chi connectivity index (χ2n) is 6.01. The van der Waals surface area contributed by atoms with Gasteiger partial charge in [-0.15, -0.1) is 11.8 Å². The average Bonchev–Trinajstić information content (AvgIpc) is 3.04. The molecule has 0 bridgehead atoms. The number of carbonyl (C=O) groups is 2. The minimum atomic E-state index is -0.625. The predicted molar refractivity (Wildman–Crippen MR) is 104 cm³/mol. The van der Waals surface area contributed by atoms with E-state index in [1.807, 2.05) is 30.5 Å². The SMILES string of the molecule is CSc1ccccc1NC(=O)CN(C)C(=O)C1Cc2cc(Cl)ccc2O1. The normalized spacial score (nSPS) is 15.1. The van der Waals surface area contributed by atoms with E-state index in [2.05, 4.69) is 5.32 Å². The summed E-state index contributed by atoms with van der Waals surface area (Å²) in [6, 6.07) is 12.8. The van der Waals surface area contributed by atoms with Gasteiger partial charge in [0.1, 0.15) is 5.75 Å². The van der Waals surface area contributed by atoms with Gasteiger partial charge in [-0.1, -0.05) is 23.7 Å². The third kappa shape index (κ3) is 4.14. The van der Waals surface area contributed by atoms with Gasteiger partial charge >= 0.3 is 0 Å². The number of nitrogens with zero attached hydrogens (tertiary/aromatic N) is 1. The lowest BCUT2D eigenvalue weighted by atomic mass is 10.1. The number of thioether (sulfide) groups is 1. The van der Waals surface area contributed by atoms with Crippen LogP contribution in [-0.2, 0) is 16.0 Å². The smallest absolute Gasteiger partial charge is 0.264 e. The summed E-state index contributed by atoms with van der Waals surface area (Å²) in [5, 5.41) is 3.46. The first kappa shape index (κ1) is 18.6. The number of anilines is 1. The molecule has 5 nitrogen and oxygen atoms in total. The van der Waals surface area contributed by atoms with Gasteiger partial charge in [0, 0.05) is 23.4 Å². The summed E-state index contributed by atoms with van der Waals surface area (Å²) in [6.07, 6.45) is 1.78. The number of para-hydroxylation sites is 1. The molecule has 2 amide bonds. The van der Waals surface area contributed by atoms with Crippen molar-refractivity contribution < 1.29 is 14.3 Å². The largest absolute Gasteiger partial charge is 0.480 e. The minimum absolute atomic E-state index is 0.0431. The van der Waals surface area contributed by atoms with Crippen molar-refractivity contribution in [2.45, 2.75) is 17.4 Å². The van der Waals surface area contributed by atoms with E-state index in [1.165, 1.54) is 4.90 Å². The summed E-state index contributed by atoms with van der Waals surface area (Å²) in [5.41, 5.74) is 1.65. The van der Waals surface area contributed by atoms with Crippen molar-refractivity contribution in [2.75, 3.05) is 25.2 Å². The Labute approximate surface area is 161 Å². The third-order valence-corrected chi connectivity index (χ3v) is 5.14. The van der Waals surface area contributed by atoms with Crippen molar-refractivity contribution >= 4 is 40.9 Å². The zero-order chi connectivity index (χ0) is 18.7. The van der Waals surface area contributed by atoms with Crippen LogP contribution in [0.15, 0.2) is 47.4 Å². The third-order valence-electron chi connectivity index (χ3n) is 4.11. The summed E-state index contributed by atoms with van der Waals surface area (Å²) >= 11 is 7.53. The molecule has 3 rings (SSSR count). The van der Waals surface area contributed by atoms with Crippen molar-refractivity contribution in [3.63, 3.8) is 0 Å². The average molecular weight is 391 g/mol. The van der Waals surface area contributed by atoms with Gasteiger partial charge in [0.2, 0.25) is 5.91 Å². The lowest BCUT2D eigenvalue weighted by Crippen LogP contribution is -2.42. The Morgan fingerprint density at radius 2 is 2.08 bits per heavy atom. The minimum Gasteiger partial charge on any atom is -0.480 e. The summed E-state index contributed by atoms with van der Waals surface area (Å²) in [4.78, 5) is 27.3. The van der Waals surface area contributed by atoms with Crippen molar-refractivity contribution in [1.82, 2.24) is 4.90 Å². The lowest BCUT2D eigenvalue weighted by molar-refractivity contribution is -0.139. The van der Waals surface area contributed by atoms with Gasteiger partial charge in [-0.3, -0.25) is 9.59 Å². The first-order valence-electron chi connectivity index (χ1n) is 8.11. The summed E-state index contributed by atoms with van der Waals surface area (Å²) in [5.74, 6) is 0.186. The van der Waals surface area contributed by atoms with Crippen LogP contribution in [0.3, 0.4) is 0 Å². The monoisotopic (exact) mass is 390 g/mol. The highest BCUT2D eigenvalue weighted by molar-refractivity contribution is 7.98. The van der Waals surface area contributed by atoms with Crippen LogP contribution in [0.25, 0.3) is 0 Å². The molecule has 0 saturated heterocycles. The van der Waals surface area contributed by atoms with E-state index in [0.717, 1.165) is 16.1 Å². The fourth-order valence-corrected chi connectivity index (χ4v) is 3.58. The molecular formula is C19H19ClN2O3S. The molecule has 0 aromatic heterocycles. The molecule has 0 saturated carbocycles. The second kappa shape index (κ2) is 8.01. The molecule has 0 aliphatic carbocycles. The maximum absolute atomic E-state index is 12.6. The Bertz CT molecular complexity index is 843. The molecular weight excluding hydrogens is 372 g/mol. The van der Waals surface area contributed by atoms with Crippen molar-refractivity contribution in [3.8, 4) is 5.75 Å². The topological polar surface area (TPSA) is 58.6 Å². The molecule has 0 radical (unpaired) electrons. The van der Waals surface area contributed by atoms with Gasteiger partial charge in [0.05, 0.1) is 12.2 Å². The summed E-state index contributed by atoms with van der Waals surface area (Å²) in [6.45, 7) is -0.0431. The standard InChI is InChI=1S/C19H19ClN2O3S/c1-22(11-18(23)21-14-5-3-4-6-17(14)26-2)19(24)16-10-12-9-13(20)7-8-15(12)25-16/h3-9,16H,10-11H2,1-2H3,(H,21,23). The first-order valence-corrected chi connectivity index (χ1v) is 9.71. The van der Waals surface area contributed by atoms with Crippen molar-refractivity contribution in [3.05, 3.63) is 53.1 Å². The molecule has 1 N–H and O–H groups in total. The Balaban J connectivity index is 1.59. The van der Waals surface area contributed by atoms with Crippen LogP contribution in [0.4, 0.5) is 5.69 Å². The van der Waals surface area contributed by atoms with Crippen LogP contribution < -0.4 is 10.1 Å². The fraction of sp³-hybridized carbons (Fsp3) is 0.263. The number of nitrogens with one attached hydrogen (secondary N) is 1. The maximum Gasteiger partial charge on any atom is 0.264 e. The first-order chi connectivity index (χ1) is 12.5. The number of rotatable bonds is 5. The van der Waals surface area contributed by atoms with E-state index in [0.29, 0.717) is 17.2 Å². The Morgan fingerprint density at radius 3 is 2.85 bits per heavy atom. The molecule has 1 unspecified atom stereocenters. The number of likely N-dealkylation sites (N-methyl/N-ethyl adjacent to an activating group) is 1. The van der Waals surface area contributed by atoms with E-state index < -0.39 is 6.10 Å². The van der Waals surface area contributed by atoms with Gasteiger partial charge in [0.15, 0.2) is 6.10 Å². The molecule has 1 aliphatic heterocycles. The maximum atomic E-state index is 12.6. The molecule has 2 aromatic carbocycles. The van der Waals surface area contributed by atoms with Crippen molar-refractivity contribution in [2.24, 2.45) is 0 Å². The second-order valence-corrected chi connectivity index (χ2v) is 7.29. The fourth-order valence-electron chi connectivity index (χ4n) is 2.83. The number of carbonyl (C=O) groups excluding carboxylic acids is 2.